The first kappa shape index (κ1) is 36.9. The van der Waals surface area contributed by atoms with Crippen molar-refractivity contribution in [1.82, 2.24) is 9.21 Å². The molecule has 3 aromatic carbocycles. The lowest BCUT2D eigenvalue weighted by molar-refractivity contribution is -0.0911. The van der Waals surface area contributed by atoms with Crippen LogP contribution >= 0.6 is 0 Å². The third-order valence-electron chi connectivity index (χ3n) is 10.0. The summed E-state index contributed by atoms with van der Waals surface area (Å²) < 4.78 is 71.1. The number of rotatable bonds is 12. The second kappa shape index (κ2) is 15.2. The van der Waals surface area contributed by atoms with Gasteiger partial charge in [0.25, 0.3) is 0 Å². The fourth-order valence-corrected chi connectivity index (χ4v) is 9.12. The number of hydrogen-bond acceptors (Lipinski definition) is 11. The molecule has 0 aliphatic carbocycles. The molecule has 0 radical (unpaired) electrons. The van der Waals surface area contributed by atoms with Gasteiger partial charge in [0.15, 0.2) is 17.8 Å². The van der Waals surface area contributed by atoms with Crippen molar-refractivity contribution in [2.45, 2.75) is 82.3 Å². The van der Waals surface area contributed by atoms with E-state index in [1.54, 1.807) is 30.9 Å². The maximum Gasteiger partial charge on any atom is 0.412 e. The average Bonchev–Trinajstić information content (AvgIpc) is 3.92. The van der Waals surface area contributed by atoms with E-state index in [1.165, 1.54) is 16.4 Å². The Morgan fingerprint density at radius 3 is 2.60 bits per heavy atom. The Labute approximate surface area is 310 Å². The van der Waals surface area contributed by atoms with Gasteiger partial charge in [-0.25, -0.2) is 13.2 Å². The lowest BCUT2D eigenvalue weighted by Gasteiger charge is -2.34. The monoisotopic (exact) mass is 747 g/mol. The molecule has 53 heavy (non-hydrogen) atoms. The van der Waals surface area contributed by atoms with E-state index < -0.39 is 40.1 Å². The summed E-state index contributed by atoms with van der Waals surface area (Å²) >= 11 is 0. The van der Waals surface area contributed by atoms with E-state index in [0.717, 1.165) is 17.5 Å². The molecular formula is C39H45N3O10S. The topological polar surface area (TPSA) is 146 Å². The molecule has 4 aliphatic heterocycles. The normalized spacial score (nSPS) is 24.4. The quantitative estimate of drug-likeness (QED) is 0.233. The Morgan fingerprint density at radius 1 is 1.06 bits per heavy atom. The van der Waals surface area contributed by atoms with E-state index in [0.29, 0.717) is 35.8 Å². The summed E-state index contributed by atoms with van der Waals surface area (Å²) in [6.45, 7) is 8.74. The average molecular weight is 748 g/mol. The number of carbonyl (C=O) groups is 1. The Morgan fingerprint density at radius 2 is 1.83 bits per heavy atom. The molecule has 1 amide bonds. The highest BCUT2D eigenvalue weighted by atomic mass is 32.2. The molecule has 3 aromatic rings. The van der Waals surface area contributed by atoms with Gasteiger partial charge in [0, 0.05) is 24.7 Å². The van der Waals surface area contributed by atoms with Crippen molar-refractivity contribution >= 4 is 16.1 Å². The van der Waals surface area contributed by atoms with Crippen molar-refractivity contribution in [1.29, 1.82) is 5.26 Å². The zero-order chi connectivity index (χ0) is 37.3. The van der Waals surface area contributed by atoms with Crippen LogP contribution in [0, 0.1) is 23.2 Å². The summed E-state index contributed by atoms with van der Waals surface area (Å²) in [6, 6.07) is 21.0. The number of nitrogens with zero attached hydrogens (tertiary/aromatic N) is 3. The van der Waals surface area contributed by atoms with Crippen molar-refractivity contribution in [3.8, 4) is 23.3 Å². The van der Waals surface area contributed by atoms with Crippen molar-refractivity contribution < 1.29 is 46.4 Å². The molecule has 7 rings (SSSR count). The molecule has 3 fully saturated rings. The molecule has 0 spiro atoms. The highest BCUT2D eigenvalue weighted by Crippen LogP contribution is 2.40. The Bertz CT molecular complexity index is 1950. The zero-order valence-electron chi connectivity index (χ0n) is 30.3. The van der Waals surface area contributed by atoms with Gasteiger partial charge in [0.1, 0.15) is 24.2 Å². The third kappa shape index (κ3) is 7.81. The predicted octanol–water partition coefficient (Wildman–Crippen LogP) is 5.46. The van der Waals surface area contributed by atoms with Crippen molar-refractivity contribution in [3.05, 3.63) is 83.4 Å². The number of hydrogen-bond donors (Lipinski definition) is 0. The van der Waals surface area contributed by atoms with Crippen LogP contribution in [0.3, 0.4) is 0 Å². The van der Waals surface area contributed by atoms with E-state index >= 15 is 0 Å². The fraction of sp³-hybridized carbons (Fsp3) is 0.487. The van der Waals surface area contributed by atoms with Gasteiger partial charge in [-0.05, 0) is 68.5 Å². The van der Waals surface area contributed by atoms with E-state index in [9.17, 15) is 18.5 Å². The number of sulfonamides is 1. The summed E-state index contributed by atoms with van der Waals surface area (Å²) in [5.41, 5.74) is 1.08. The van der Waals surface area contributed by atoms with Gasteiger partial charge in [-0.15, -0.1) is 0 Å². The maximum atomic E-state index is 14.3. The van der Waals surface area contributed by atoms with Crippen LogP contribution in [0.15, 0.2) is 71.6 Å². The smallest absolute Gasteiger partial charge is 0.412 e. The SMILES string of the molecule is CC(C)CN(C[C@H]1OC(C)(C)N(C(=O)O[C@H]2CO[C@H]3OCC[C@H]32)[C@H]1Cc1ccc(OCc2ccccc2C#N)cc1)S(=O)(=O)c1ccc2c(c1)OCO2. The number of ether oxygens (including phenoxy) is 7. The van der Waals surface area contributed by atoms with Gasteiger partial charge in [0.2, 0.25) is 16.8 Å². The van der Waals surface area contributed by atoms with Crippen LogP contribution in [0.5, 0.6) is 17.2 Å². The highest BCUT2D eigenvalue weighted by Gasteiger charge is 2.53. The van der Waals surface area contributed by atoms with Crippen molar-refractivity contribution in [2.75, 3.05) is 33.1 Å². The number of benzene rings is 3. The molecule has 0 aromatic heterocycles. The lowest BCUT2D eigenvalue weighted by Crippen LogP contribution is -2.51. The lowest BCUT2D eigenvalue weighted by atomic mass is 9.99. The van der Waals surface area contributed by atoms with Gasteiger partial charge in [-0.2, -0.15) is 9.57 Å². The van der Waals surface area contributed by atoms with Crippen LogP contribution in [0.2, 0.25) is 0 Å². The van der Waals surface area contributed by atoms with Crippen LogP contribution in [0.1, 0.15) is 50.8 Å². The molecule has 4 aliphatic rings. The van der Waals surface area contributed by atoms with Gasteiger partial charge in [-0.1, -0.05) is 44.2 Å². The zero-order valence-corrected chi connectivity index (χ0v) is 31.1. The summed E-state index contributed by atoms with van der Waals surface area (Å²) in [5, 5.41) is 9.45. The molecule has 13 nitrogen and oxygen atoms in total. The summed E-state index contributed by atoms with van der Waals surface area (Å²) in [5.74, 6) is 1.41. The van der Waals surface area contributed by atoms with E-state index in [2.05, 4.69) is 6.07 Å². The van der Waals surface area contributed by atoms with Crippen LogP contribution < -0.4 is 14.2 Å². The van der Waals surface area contributed by atoms with Crippen LogP contribution in [0.25, 0.3) is 0 Å². The maximum absolute atomic E-state index is 14.3. The molecule has 0 bridgehead atoms. The van der Waals surface area contributed by atoms with Crippen molar-refractivity contribution in [2.24, 2.45) is 11.8 Å². The second-order valence-electron chi connectivity index (χ2n) is 14.6. The number of nitriles is 1. The standard InChI is InChI=1S/C39H45N3O10S/c1-25(2)20-41(53(44,45)30-13-14-33-34(18-30)50-24-49-33)21-35-32(17-26-9-11-29(12-10-26)47-22-28-8-6-5-7-27(28)19-40)42(39(3,4)52-35)38(43)51-36-23-48-37-31(36)15-16-46-37/h5-14,18,25,31-32,35-37H,15-17,20-24H2,1-4H3/t31-,32-,35+,36-,37+/m0/s1. The summed E-state index contributed by atoms with van der Waals surface area (Å²) in [6.07, 6.45) is -1.07. The number of fused-ring (bicyclic) bond motifs is 2. The molecular weight excluding hydrogens is 703 g/mol. The largest absolute Gasteiger partial charge is 0.489 e. The van der Waals surface area contributed by atoms with Gasteiger partial charge < -0.3 is 33.2 Å². The minimum Gasteiger partial charge on any atom is -0.489 e. The Kier molecular flexibility index (Phi) is 10.6. The number of amides is 1. The first-order valence-electron chi connectivity index (χ1n) is 17.9. The van der Waals surface area contributed by atoms with Crippen LogP contribution in [-0.4, -0.2) is 87.1 Å². The van der Waals surface area contributed by atoms with Crippen LogP contribution in [0.4, 0.5) is 4.79 Å². The van der Waals surface area contributed by atoms with E-state index in [1.807, 2.05) is 56.3 Å². The predicted molar refractivity (Wildman–Crippen MR) is 190 cm³/mol. The molecule has 3 saturated heterocycles. The first-order valence-corrected chi connectivity index (χ1v) is 19.4. The molecule has 4 heterocycles. The molecule has 282 valence electrons. The van der Waals surface area contributed by atoms with E-state index in [4.69, 9.17) is 33.2 Å². The molecule has 5 atom stereocenters. The third-order valence-corrected chi connectivity index (χ3v) is 11.9. The minimum absolute atomic E-state index is 0.00988. The number of carbonyl (C=O) groups excluding carboxylic acids is 1. The Balaban J connectivity index is 1.15. The van der Waals surface area contributed by atoms with Gasteiger partial charge in [0.05, 0.1) is 47.8 Å². The van der Waals surface area contributed by atoms with E-state index in [-0.39, 0.29) is 56.1 Å². The summed E-state index contributed by atoms with van der Waals surface area (Å²) in [4.78, 5) is 15.9. The first-order chi connectivity index (χ1) is 25.4. The molecule has 0 N–H and O–H groups in total. The van der Waals surface area contributed by atoms with Gasteiger partial charge >= 0.3 is 6.09 Å². The summed E-state index contributed by atoms with van der Waals surface area (Å²) in [7, 11) is -4.03. The van der Waals surface area contributed by atoms with Crippen molar-refractivity contribution in [3.63, 3.8) is 0 Å². The van der Waals surface area contributed by atoms with Crippen LogP contribution in [-0.2, 0) is 42.0 Å². The molecule has 14 heteroatoms. The van der Waals surface area contributed by atoms with Gasteiger partial charge in [-0.3, -0.25) is 4.90 Å². The fourth-order valence-electron chi connectivity index (χ4n) is 7.49. The Hall–Kier alpha value is -4.39. The second-order valence-corrected chi connectivity index (χ2v) is 16.6. The highest BCUT2D eigenvalue weighted by molar-refractivity contribution is 7.89. The minimum atomic E-state index is -4.03. The molecule has 0 unspecified atom stereocenters. The molecule has 0 saturated carbocycles.